The molecular weight excluding hydrogens is 1300 g/mol. The molecule has 0 saturated heterocycles. The van der Waals surface area contributed by atoms with E-state index in [1.807, 2.05) is 63.4 Å². The fourth-order valence-corrected chi connectivity index (χ4v) is 8.61. The van der Waals surface area contributed by atoms with Crippen LogP contribution in [0.1, 0.15) is 129 Å². The third kappa shape index (κ3) is 24.8. The average molecular weight is 1400 g/mol. The van der Waals surface area contributed by atoms with Gasteiger partial charge < -0.3 is 79.7 Å². The number of aromatic nitrogens is 11. The van der Waals surface area contributed by atoms with Gasteiger partial charge in [0.2, 0.25) is 17.2 Å². The molecule has 0 radical (unpaired) electrons. The van der Waals surface area contributed by atoms with E-state index in [0.717, 1.165) is 37.8 Å². The summed E-state index contributed by atoms with van der Waals surface area (Å²) in [6.07, 6.45) is 8.43. The minimum Gasteiger partial charge on any atom is -0.462 e. The lowest BCUT2D eigenvalue weighted by Crippen LogP contribution is -2.52. The summed E-state index contributed by atoms with van der Waals surface area (Å²) in [5, 5.41) is 32.7. The molecule has 0 aromatic carbocycles. The van der Waals surface area contributed by atoms with Crippen LogP contribution < -0.4 is 26.2 Å². The number of aliphatic hydroxyl groups is 2. The average Bonchev–Trinajstić information content (AvgIpc) is 1.61. The first-order valence-corrected chi connectivity index (χ1v) is 30.6. The number of nitrogens with one attached hydrogen (secondary N) is 5. The summed E-state index contributed by atoms with van der Waals surface area (Å²) in [6, 6.07) is 31.4. The van der Waals surface area contributed by atoms with Gasteiger partial charge in [0.25, 0.3) is 0 Å². The number of hydrogen-bond acceptors (Lipinski definition) is 25. The molecule has 12 rings (SSSR count). The number of nitrogens with zero attached hydrogens (tertiary/aromatic N) is 8. The number of carbonyl (C=O) groups is 6. The number of nitrogen functional groups attached to an aromatic ring is 1. The lowest BCUT2D eigenvalue weighted by molar-refractivity contribution is -0.163. The van der Waals surface area contributed by atoms with Gasteiger partial charge >= 0.3 is 35.8 Å². The Bertz CT molecular complexity index is 4370. The van der Waals surface area contributed by atoms with E-state index in [9.17, 15) is 43.9 Å². The maximum absolute atomic E-state index is 11.7. The Hall–Kier alpha value is -12.1. The maximum Gasteiger partial charge on any atom is 0.360 e. The first-order chi connectivity index (χ1) is 47.0. The lowest BCUT2D eigenvalue weighted by atomic mass is 10.1. The number of aryl methyl sites for hydroxylation is 2. The van der Waals surface area contributed by atoms with Crippen LogP contribution in [0.3, 0.4) is 0 Å². The molecule has 0 bridgehead atoms. The van der Waals surface area contributed by atoms with Gasteiger partial charge in [-0.1, -0.05) is 40.5 Å². The van der Waals surface area contributed by atoms with Gasteiger partial charge in [0.05, 0.1) is 33.0 Å². The summed E-state index contributed by atoms with van der Waals surface area (Å²) in [4.78, 5) is 116. The van der Waals surface area contributed by atoms with Crippen LogP contribution in [-0.4, -0.2) is 165 Å². The standard InChI is InChI=1S/C12H12N2O4.C11H14N2O3.2C10H10N2O3.C10H10N2O2.C7H10N2.C6H8N2.C2H6O.3CH4/c1-3-17-12(16)9-6-8-4-5-10(18-7(2)15)14-11(8)13-9;1-3-16-10(14)11(15)7-8-5-4-6-12-9(8)13(11)2;1-2-15-10(14)7-5-6-3-4-8(13)12-9(6)11-7;1-2-15-10(13)8-6-7-4-3-5-12(14)9(7)11-8;1-2-14-10(13)8-6-7-4-3-5-11-9(7)12-8;1-6-4-3-5-9-7(6)8-2;1-5-3-2-4-8-6(5)7;1-2-3;;;/h4-6H,3H2,1-2H3,(H,13,14);4-6,15H,3,7H2,1-2H3;3-5H,2H2,1H3,(H2,11,12,13);3-6,14H,2H2,1H3;3-6H,2H2,1H3,(H,11,12);3-5H,1-2H3,(H,8,9);2-4H,1H3,(H2,7,8);3H,2H2,1H3;3*1H4. The summed E-state index contributed by atoms with van der Waals surface area (Å²) in [7, 11) is 3.51. The van der Waals surface area contributed by atoms with Gasteiger partial charge in [-0.2, -0.15) is 9.71 Å². The van der Waals surface area contributed by atoms with Gasteiger partial charge in [0.15, 0.2) is 11.5 Å². The van der Waals surface area contributed by atoms with Crippen molar-refractivity contribution in [2.45, 2.75) is 96.7 Å². The SMILES string of the molecule is C.C.C.CCO.CCOC(=O)C1(O)Cc2cccnc2N1C.CCOC(=O)c1cc2ccc(=O)[nH]c2[nH]1.CCOC(=O)c1cc2ccc(OC(C)=O)nc2[nH]1.CCOC(=O)c1cc2cccn(O)c-2n1.CCOC(=O)c1cc2cccnc2[nH]1.CNc1ncccc1C.Cc1cccnc1N. The van der Waals surface area contributed by atoms with Crippen molar-refractivity contribution in [3.05, 3.63) is 190 Å². The molecule has 0 aliphatic carbocycles. The van der Waals surface area contributed by atoms with Gasteiger partial charge in [0, 0.05) is 104 Å². The van der Waals surface area contributed by atoms with E-state index in [0.29, 0.717) is 83.5 Å². The number of esters is 6. The molecule has 542 valence electrons. The van der Waals surface area contributed by atoms with Gasteiger partial charge in [0.1, 0.15) is 51.5 Å². The van der Waals surface area contributed by atoms with Crippen molar-refractivity contribution in [2.75, 3.05) is 69.7 Å². The number of hydrogen-bond donors (Lipinski definition) is 9. The van der Waals surface area contributed by atoms with Crippen molar-refractivity contribution in [1.82, 2.24) is 54.6 Å². The van der Waals surface area contributed by atoms with Gasteiger partial charge in [-0.25, -0.2) is 48.9 Å². The molecule has 10 N–H and O–H groups in total. The molecule has 9 aromatic rings. The van der Waals surface area contributed by atoms with Crippen molar-refractivity contribution >= 4 is 86.4 Å². The highest BCUT2D eigenvalue weighted by Gasteiger charge is 2.48. The molecule has 12 heterocycles. The molecule has 0 amide bonds. The van der Waals surface area contributed by atoms with Crippen LogP contribution in [0, 0.1) is 13.8 Å². The Morgan fingerprint density at radius 1 is 0.604 bits per heavy atom. The van der Waals surface area contributed by atoms with Gasteiger partial charge in [-0.3, -0.25) is 9.59 Å². The minimum atomic E-state index is -1.62. The summed E-state index contributed by atoms with van der Waals surface area (Å²) >= 11 is 0. The number of anilines is 3. The van der Waals surface area contributed by atoms with E-state index >= 15 is 0 Å². The number of nitrogens with two attached hydrogens (primary N) is 1. The molecule has 30 nitrogen and oxygen atoms in total. The Morgan fingerprint density at radius 3 is 1.64 bits per heavy atom. The van der Waals surface area contributed by atoms with Crippen molar-refractivity contribution in [3.63, 3.8) is 0 Å². The Kier molecular flexibility index (Phi) is 35.9. The summed E-state index contributed by atoms with van der Waals surface area (Å²) in [6.45, 7) is 17.4. The topological polar surface area (TPSA) is 422 Å². The first-order valence-electron chi connectivity index (χ1n) is 30.6. The fraction of sp³-hybridized carbons (Fsp3) is 0.310. The Morgan fingerprint density at radius 2 is 1.12 bits per heavy atom. The number of H-pyrrole nitrogens is 4. The normalized spacial score (nSPS) is 11.8. The minimum absolute atomic E-state index is 0. The van der Waals surface area contributed by atoms with Crippen molar-refractivity contribution in [2.24, 2.45) is 0 Å². The quantitative estimate of drug-likeness (QED) is 0.0312. The highest BCUT2D eigenvalue weighted by molar-refractivity contribution is 5.95. The fourth-order valence-electron chi connectivity index (χ4n) is 8.61. The maximum atomic E-state index is 11.7. The highest BCUT2D eigenvalue weighted by Crippen LogP contribution is 2.35. The summed E-state index contributed by atoms with van der Waals surface area (Å²) in [5.41, 5.74) is 10.4. The van der Waals surface area contributed by atoms with Crippen LogP contribution in [0.2, 0.25) is 0 Å². The summed E-state index contributed by atoms with van der Waals surface area (Å²) < 4.78 is 30.0. The van der Waals surface area contributed by atoms with E-state index in [1.54, 1.807) is 134 Å². The zero-order chi connectivity index (χ0) is 71.9. The second-order valence-corrected chi connectivity index (χ2v) is 20.2. The van der Waals surface area contributed by atoms with Gasteiger partial charge in [-0.05, 0) is 145 Å². The largest absolute Gasteiger partial charge is 0.462 e. The monoisotopic (exact) mass is 1400 g/mol. The molecule has 0 spiro atoms. The molecule has 0 saturated carbocycles. The predicted octanol–water partition coefficient (Wildman–Crippen LogP) is 10.5. The molecule has 1 atom stereocenters. The Labute approximate surface area is 585 Å². The van der Waals surface area contributed by atoms with E-state index < -0.39 is 35.6 Å². The molecular formula is C71H92N14O16. The number of aliphatic hydroxyl groups excluding tert-OH is 1. The van der Waals surface area contributed by atoms with Crippen LogP contribution in [0.15, 0.2) is 145 Å². The number of carbonyl (C=O) groups excluding carboxylic acids is 6. The smallest absolute Gasteiger partial charge is 0.360 e. The number of pyridine rings is 7. The van der Waals surface area contributed by atoms with Crippen molar-refractivity contribution in [3.8, 4) is 17.3 Å². The third-order valence-corrected chi connectivity index (χ3v) is 13.1. The molecule has 3 aliphatic rings. The molecule has 0 fully saturated rings. The zero-order valence-corrected chi connectivity index (χ0v) is 56.0. The van der Waals surface area contributed by atoms with E-state index in [-0.39, 0.29) is 65.0 Å². The Balaban J connectivity index is 0.000000400. The molecule has 1 unspecified atom stereocenters. The van der Waals surface area contributed by atoms with Crippen molar-refractivity contribution < 1.29 is 72.6 Å². The number of rotatable bonds is 12. The second kappa shape index (κ2) is 42.6. The molecule has 30 heteroatoms. The zero-order valence-electron chi connectivity index (χ0n) is 56.0. The number of ether oxygens (including phenoxy) is 6. The van der Waals surface area contributed by atoms with E-state index in [2.05, 4.69) is 55.2 Å². The van der Waals surface area contributed by atoms with E-state index in [4.69, 9.17) is 39.3 Å². The third-order valence-electron chi connectivity index (χ3n) is 13.1. The highest BCUT2D eigenvalue weighted by atomic mass is 16.6. The predicted molar refractivity (Wildman–Crippen MR) is 385 cm³/mol. The molecule has 101 heavy (non-hydrogen) atoms. The van der Waals surface area contributed by atoms with E-state index in [1.165, 1.54) is 29.7 Å². The summed E-state index contributed by atoms with van der Waals surface area (Å²) in [5.74, 6) is -0.0244. The first kappa shape index (κ1) is 85.0. The number of aromatic amines is 4. The number of fused-ring (bicyclic) bond motifs is 5. The van der Waals surface area contributed by atoms with Crippen LogP contribution in [0.5, 0.6) is 5.88 Å². The van der Waals surface area contributed by atoms with Crippen LogP contribution in [-0.2, 0) is 39.7 Å². The van der Waals surface area contributed by atoms with Crippen LogP contribution >= 0.6 is 0 Å². The van der Waals surface area contributed by atoms with Crippen molar-refractivity contribution in [1.29, 1.82) is 0 Å². The van der Waals surface area contributed by atoms with Crippen LogP contribution in [0.4, 0.5) is 17.5 Å². The second-order valence-electron chi connectivity index (χ2n) is 20.2. The number of likely N-dealkylation sites (N-methyl/N-ethyl adjacent to an activating group) is 1. The lowest BCUT2D eigenvalue weighted by Gasteiger charge is -2.28. The molecule has 9 aromatic heterocycles. The molecule has 3 aliphatic heterocycles. The van der Waals surface area contributed by atoms with Crippen LogP contribution in [0.25, 0.3) is 44.5 Å². The van der Waals surface area contributed by atoms with Gasteiger partial charge in [-0.15, -0.1) is 0 Å².